The molecule has 1 N–H and O–H groups in total. The Kier molecular flexibility index (Phi) is 9.22. The fraction of sp³-hybridized carbons (Fsp3) is 0.286. The number of benzene rings is 1. The molecule has 0 aliphatic heterocycles. The molecular weight excluding hydrogens is 342 g/mol. The maximum Gasteiger partial charge on any atom is 0.182 e. The average Bonchev–Trinajstić information content (AvgIpc) is 2.87. The van der Waals surface area contributed by atoms with E-state index in [0.717, 1.165) is 42.2 Å². The summed E-state index contributed by atoms with van der Waals surface area (Å²) in [5.41, 5.74) is 6.46. The van der Waals surface area contributed by atoms with Crippen LogP contribution in [0.5, 0.6) is 0 Å². The van der Waals surface area contributed by atoms with Gasteiger partial charge in [0.1, 0.15) is 6.29 Å². The van der Waals surface area contributed by atoms with Crippen LogP contribution in [0.2, 0.25) is 0 Å². The molecule has 4 nitrogen and oxygen atoms in total. The second-order valence-corrected chi connectivity index (χ2v) is 6.82. The molecule has 0 fully saturated rings. The van der Waals surface area contributed by atoms with E-state index in [1.807, 2.05) is 24.3 Å². The number of hydrazone groups is 1. The first-order valence-electron chi connectivity index (χ1n) is 8.79. The van der Waals surface area contributed by atoms with Crippen molar-refractivity contribution in [2.45, 2.75) is 38.4 Å². The highest BCUT2D eigenvalue weighted by molar-refractivity contribution is 8.13. The van der Waals surface area contributed by atoms with Gasteiger partial charge in [-0.05, 0) is 37.8 Å². The Hall–Kier alpha value is -2.40. The predicted octanol–water partition coefficient (Wildman–Crippen LogP) is 5.01. The third kappa shape index (κ3) is 8.12. The van der Waals surface area contributed by atoms with E-state index in [2.05, 4.69) is 47.8 Å². The average molecular weight is 368 g/mol. The third-order valence-electron chi connectivity index (χ3n) is 3.64. The third-order valence-corrected chi connectivity index (χ3v) is 4.57. The summed E-state index contributed by atoms with van der Waals surface area (Å²) >= 11 is 1.62. The minimum atomic E-state index is 0.569. The van der Waals surface area contributed by atoms with Crippen molar-refractivity contribution < 1.29 is 4.79 Å². The Morgan fingerprint density at radius 2 is 2.04 bits per heavy atom. The number of allylic oxidation sites excluding steroid dienone is 5. The molecule has 1 aliphatic carbocycles. The van der Waals surface area contributed by atoms with Crippen molar-refractivity contribution >= 4 is 29.4 Å². The van der Waals surface area contributed by atoms with Gasteiger partial charge in [-0.3, -0.25) is 5.43 Å². The Bertz CT molecular complexity index is 718. The highest BCUT2D eigenvalue weighted by Crippen LogP contribution is 2.17. The monoisotopic (exact) mass is 367 g/mol. The maximum absolute atomic E-state index is 10.3. The minimum Gasteiger partial charge on any atom is -0.303 e. The van der Waals surface area contributed by atoms with Crippen molar-refractivity contribution in [1.82, 2.24) is 5.43 Å². The van der Waals surface area contributed by atoms with E-state index in [9.17, 15) is 4.79 Å². The number of carbonyl (C=O) groups excluding carboxylic acids is 1. The lowest BCUT2D eigenvalue weighted by molar-refractivity contribution is -0.107. The van der Waals surface area contributed by atoms with E-state index in [0.29, 0.717) is 6.42 Å². The molecule has 26 heavy (non-hydrogen) atoms. The number of unbranched alkanes of at least 4 members (excludes halogenated alkanes) is 2. The molecule has 0 heterocycles. The Balaban J connectivity index is 2.00. The highest BCUT2D eigenvalue weighted by Gasteiger charge is 2.03. The lowest BCUT2D eigenvalue weighted by Crippen LogP contribution is -2.14. The Morgan fingerprint density at radius 1 is 1.19 bits per heavy atom. The summed E-state index contributed by atoms with van der Waals surface area (Å²) in [4.78, 5) is 15.1. The number of rotatable bonds is 8. The summed E-state index contributed by atoms with van der Waals surface area (Å²) in [6.07, 6.45) is 14.1. The van der Waals surface area contributed by atoms with E-state index >= 15 is 0 Å². The van der Waals surface area contributed by atoms with Crippen LogP contribution in [0.25, 0.3) is 0 Å². The van der Waals surface area contributed by atoms with E-state index in [1.54, 1.807) is 18.0 Å². The van der Waals surface area contributed by atoms with Gasteiger partial charge in [0.05, 0.1) is 5.70 Å². The summed E-state index contributed by atoms with van der Waals surface area (Å²) in [5.74, 6) is 0.821. The fourth-order valence-electron chi connectivity index (χ4n) is 2.19. The first-order valence-corrected chi connectivity index (χ1v) is 9.78. The number of amidine groups is 1. The molecule has 1 aliphatic rings. The second-order valence-electron chi connectivity index (χ2n) is 5.86. The molecule has 0 atom stereocenters. The van der Waals surface area contributed by atoms with Gasteiger partial charge in [0.15, 0.2) is 5.17 Å². The molecule has 0 saturated carbocycles. The first kappa shape index (κ1) is 19.9. The number of hydrogen-bond acceptors (Lipinski definition) is 4. The summed E-state index contributed by atoms with van der Waals surface area (Å²) in [6.45, 7) is 2.09. The van der Waals surface area contributed by atoms with Gasteiger partial charge in [0.25, 0.3) is 0 Å². The van der Waals surface area contributed by atoms with Gasteiger partial charge >= 0.3 is 0 Å². The van der Waals surface area contributed by atoms with Crippen molar-refractivity contribution in [3.63, 3.8) is 0 Å². The number of hydrogen-bond donors (Lipinski definition) is 1. The maximum atomic E-state index is 10.3. The lowest BCUT2D eigenvalue weighted by Gasteiger charge is -2.06. The molecule has 0 spiro atoms. The van der Waals surface area contributed by atoms with Crippen molar-refractivity contribution in [3.05, 3.63) is 71.5 Å². The van der Waals surface area contributed by atoms with Crippen molar-refractivity contribution in [1.29, 1.82) is 0 Å². The molecule has 1 aromatic rings. The van der Waals surface area contributed by atoms with E-state index < -0.39 is 0 Å². The summed E-state index contributed by atoms with van der Waals surface area (Å²) in [7, 11) is 0. The summed E-state index contributed by atoms with van der Waals surface area (Å²) < 4.78 is 0. The number of aldehydes is 1. The van der Waals surface area contributed by atoms with Crippen LogP contribution in [-0.4, -0.2) is 17.7 Å². The standard InChI is InChI=1S/C21H25N3OS/c1-18-9-8-12-20(14-13-18)23-21(24-22-15-6-3-7-16-25)26-17-19-10-4-2-5-11-19/h2,4-5,9-16H,3,6-8,17H2,1H3,(H,23,24)/b22-15+. The number of thioether (sulfide) groups is 1. The molecule has 0 bridgehead atoms. The molecule has 5 heteroatoms. The fourth-order valence-corrected chi connectivity index (χ4v) is 2.98. The molecule has 0 radical (unpaired) electrons. The zero-order chi connectivity index (χ0) is 18.5. The zero-order valence-electron chi connectivity index (χ0n) is 15.1. The van der Waals surface area contributed by atoms with Gasteiger partial charge in [-0.25, -0.2) is 4.99 Å². The van der Waals surface area contributed by atoms with Gasteiger partial charge in [-0.2, -0.15) is 5.10 Å². The quantitative estimate of drug-likeness (QED) is 0.231. The Labute approximate surface area is 159 Å². The van der Waals surface area contributed by atoms with E-state index in [1.165, 1.54) is 11.1 Å². The topological polar surface area (TPSA) is 53.8 Å². The Morgan fingerprint density at radius 3 is 2.85 bits per heavy atom. The van der Waals surface area contributed by atoms with Crippen molar-refractivity contribution in [3.8, 4) is 0 Å². The zero-order valence-corrected chi connectivity index (χ0v) is 15.9. The van der Waals surface area contributed by atoms with Gasteiger partial charge < -0.3 is 4.79 Å². The van der Waals surface area contributed by atoms with Crippen LogP contribution in [-0.2, 0) is 10.5 Å². The van der Waals surface area contributed by atoms with Gasteiger partial charge in [0, 0.05) is 18.4 Å². The van der Waals surface area contributed by atoms with Gasteiger partial charge in [0.2, 0.25) is 0 Å². The molecule has 136 valence electrons. The van der Waals surface area contributed by atoms with Crippen LogP contribution in [0.3, 0.4) is 0 Å². The number of nitrogens with one attached hydrogen (secondary N) is 1. The molecule has 0 saturated heterocycles. The van der Waals surface area contributed by atoms with E-state index in [-0.39, 0.29) is 0 Å². The van der Waals surface area contributed by atoms with Crippen LogP contribution in [0.15, 0.2) is 76.0 Å². The van der Waals surface area contributed by atoms with Gasteiger partial charge in [-0.1, -0.05) is 65.9 Å². The smallest absolute Gasteiger partial charge is 0.182 e. The van der Waals surface area contributed by atoms with Gasteiger partial charge in [-0.15, -0.1) is 0 Å². The number of aliphatic imine (C=N–C) groups is 1. The van der Waals surface area contributed by atoms with Crippen LogP contribution < -0.4 is 5.43 Å². The normalized spacial score (nSPS) is 14.7. The molecular formula is C21H25N3OS. The molecule has 0 unspecified atom stereocenters. The number of carbonyl (C=O) groups is 1. The van der Waals surface area contributed by atoms with E-state index in [4.69, 9.17) is 4.99 Å². The van der Waals surface area contributed by atoms with Crippen LogP contribution in [0, 0.1) is 0 Å². The van der Waals surface area contributed by atoms with Crippen LogP contribution in [0.1, 0.15) is 38.2 Å². The lowest BCUT2D eigenvalue weighted by atomic mass is 10.2. The highest BCUT2D eigenvalue weighted by atomic mass is 32.2. The largest absolute Gasteiger partial charge is 0.303 e. The van der Waals surface area contributed by atoms with Crippen molar-refractivity contribution in [2.24, 2.45) is 10.1 Å². The van der Waals surface area contributed by atoms with Crippen LogP contribution >= 0.6 is 11.8 Å². The minimum absolute atomic E-state index is 0.569. The molecule has 0 aromatic heterocycles. The molecule has 1 aromatic carbocycles. The molecule has 0 amide bonds. The molecule has 2 rings (SSSR count). The number of nitrogens with zero attached hydrogens (tertiary/aromatic N) is 2. The van der Waals surface area contributed by atoms with Crippen molar-refractivity contribution in [2.75, 3.05) is 0 Å². The summed E-state index contributed by atoms with van der Waals surface area (Å²) in [6, 6.07) is 10.3. The second kappa shape index (κ2) is 12.0. The predicted molar refractivity (Wildman–Crippen MR) is 112 cm³/mol. The SMILES string of the molecule is CC1=CCC=C(N=C(N/N=C/CCCC=O)SCc2ccccc2)C=C1. The van der Waals surface area contributed by atoms with Crippen LogP contribution in [0.4, 0.5) is 0 Å². The summed E-state index contributed by atoms with van der Waals surface area (Å²) in [5, 5.41) is 5.01. The first-order chi connectivity index (χ1) is 12.8.